The van der Waals surface area contributed by atoms with Crippen molar-refractivity contribution in [2.45, 2.75) is 13.3 Å². The van der Waals surface area contributed by atoms with Crippen LogP contribution in [0.3, 0.4) is 0 Å². The summed E-state index contributed by atoms with van der Waals surface area (Å²) in [5.74, 6) is -1.23. The van der Waals surface area contributed by atoms with E-state index in [2.05, 4.69) is 10.6 Å². The maximum absolute atomic E-state index is 11.9. The molecule has 0 aromatic heterocycles. The number of para-hydroxylation sites is 2. The molecule has 0 unspecified atom stereocenters. The van der Waals surface area contributed by atoms with E-state index in [1.165, 1.54) is 0 Å². The van der Waals surface area contributed by atoms with E-state index in [0.29, 0.717) is 11.4 Å². The number of hydrogen-bond donors (Lipinski definition) is 3. The summed E-state index contributed by atoms with van der Waals surface area (Å²) in [5, 5.41) is 14.6. The van der Waals surface area contributed by atoms with Gasteiger partial charge in [-0.3, -0.25) is 15.4 Å². The van der Waals surface area contributed by atoms with Crippen molar-refractivity contribution in [1.29, 1.82) is 0 Å². The standard InChI is InChI=1S/C20H22N2O6/c1-2-20(17(23)24,13-27-18(25)21-15-9-5-3-6-10-15)14-28-19(26)22-16-11-7-4-8-12-16/h3-12H,2,13-14H2,1H3,(H,21,25)(H,22,26)(H,23,24). The van der Waals surface area contributed by atoms with Gasteiger partial charge in [0.05, 0.1) is 0 Å². The lowest BCUT2D eigenvalue weighted by Crippen LogP contribution is -2.42. The van der Waals surface area contributed by atoms with Crippen LogP contribution in [-0.4, -0.2) is 36.5 Å². The third-order valence-electron chi connectivity index (χ3n) is 4.13. The molecule has 0 saturated heterocycles. The molecule has 0 aliphatic carbocycles. The molecule has 3 N–H and O–H groups in total. The van der Waals surface area contributed by atoms with Gasteiger partial charge in [0.25, 0.3) is 0 Å². The van der Waals surface area contributed by atoms with E-state index in [1.54, 1.807) is 67.6 Å². The summed E-state index contributed by atoms with van der Waals surface area (Å²) >= 11 is 0. The number of ether oxygens (including phenoxy) is 2. The van der Waals surface area contributed by atoms with Crippen molar-refractivity contribution in [3.8, 4) is 0 Å². The summed E-state index contributed by atoms with van der Waals surface area (Å²) in [5.41, 5.74) is -0.519. The maximum Gasteiger partial charge on any atom is 0.411 e. The molecule has 0 aliphatic heterocycles. The largest absolute Gasteiger partial charge is 0.481 e. The third-order valence-corrected chi connectivity index (χ3v) is 4.13. The highest BCUT2D eigenvalue weighted by Crippen LogP contribution is 2.24. The zero-order valence-corrected chi connectivity index (χ0v) is 15.4. The number of carboxylic acids is 1. The van der Waals surface area contributed by atoms with Gasteiger partial charge in [0.15, 0.2) is 0 Å². The van der Waals surface area contributed by atoms with Crippen molar-refractivity contribution in [2.75, 3.05) is 23.8 Å². The second-order valence-electron chi connectivity index (χ2n) is 6.07. The van der Waals surface area contributed by atoms with Crippen LogP contribution in [0.4, 0.5) is 21.0 Å². The summed E-state index contributed by atoms with van der Waals surface area (Å²) in [7, 11) is 0. The van der Waals surface area contributed by atoms with Crippen LogP contribution in [0.15, 0.2) is 60.7 Å². The van der Waals surface area contributed by atoms with Gasteiger partial charge < -0.3 is 14.6 Å². The zero-order chi connectivity index (χ0) is 20.4. The van der Waals surface area contributed by atoms with Gasteiger partial charge in [0.2, 0.25) is 0 Å². The number of carbonyl (C=O) groups is 3. The summed E-state index contributed by atoms with van der Waals surface area (Å²) in [4.78, 5) is 35.6. The first-order chi connectivity index (χ1) is 13.4. The minimum Gasteiger partial charge on any atom is -0.481 e. The fourth-order valence-electron chi connectivity index (χ4n) is 2.28. The van der Waals surface area contributed by atoms with Crippen molar-refractivity contribution < 1.29 is 29.0 Å². The lowest BCUT2D eigenvalue weighted by molar-refractivity contribution is -0.154. The van der Waals surface area contributed by atoms with Crippen molar-refractivity contribution >= 4 is 29.5 Å². The molecule has 2 rings (SSSR count). The smallest absolute Gasteiger partial charge is 0.411 e. The Morgan fingerprint density at radius 3 is 1.54 bits per heavy atom. The summed E-state index contributed by atoms with van der Waals surface area (Å²) in [6.07, 6.45) is -1.49. The van der Waals surface area contributed by atoms with Crippen LogP contribution in [0.2, 0.25) is 0 Å². The normalized spacial score (nSPS) is 10.6. The molecule has 2 aromatic rings. The highest BCUT2D eigenvalue weighted by molar-refractivity contribution is 5.86. The van der Waals surface area contributed by atoms with Crippen molar-refractivity contribution in [1.82, 2.24) is 0 Å². The van der Waals surface area contributed by atoms with E-state index >= 15 is 0 Å². The lowest BCUT2D eigenvalue weighted by Gasteiger charge is -2.27. The molecule has 0 saturated carbocycles. The molecule has 0 fully saturated rings. The van der Waals surface area contributed by atoms with E-state index < -0.39 is 36.8 Å². The Morgan fingerprint density at radius 2 is 1.21 bits per heavy atom. The fourth-order valence-corrected chi connectivity index (χ4v) is 2.28. The van der Waals surface area contributed by atoms with Crippen LogP contribution in [-0.2, 0) is 14.3 Å². The minimum atomic E-state index is -1.55. The minimum absolute atomic E-state index is 0.0968. The second kappa shape index (κ2) is 9.96. The highest BCUT2D eigenvalue weighted by Gasteiger charge is 2.40. The predicted molar refractivity (Wildman–Crippen MR) is 103 cm³/mol. The number of carbonyl (C=O) groups excluding carboxylic acids is 2. The Kier molecular flexibility index (Phi) is 7.38. The first-order valence-electron chi connectivity index (χ1n) is 8.66. The van der Waals surface area contributed by atoms with Crippen LogP contribution < -0.4 is 10.6 Å². The molecule has 0 atom stereocenters. The van der Waals surface area contributed by atoms with E-state index in [-0.39, 0.29) is 6.42 Å². The number of anilines is 2. The lowest BCUT2D eigenvalue weighted by atomic mass is 9.87. The Balaban J connectivity index is 1.92. The van der Waals surface area contributed by atoms with Gasteiger partial charge in [0, 0.05) is 11.4 Å². The first-order valence-corrected chi connectivity index (χ1v) is 8.66. The Hall–Kier alpha value is -3.55. The average molecular weight is 386 g/mol. The quantitative estimate of drug-likeness (QED) is 0.633. The SMILES string of the molecule is CCC(COC(=O)Nc1ccccc1)(COC(=O)Nc1ccccc1)C(=O)O. The number of nitrogens with one attached hydrogen (secondary N) is 2. The first kappa shape index (κ1) is 20.8. The molecule has 148 valence electrons. The molecule has 0 aliphatic rings. The molecule has 8 nitrogen and oxygen atoms in total. The van der Waals surface area contributed by atoms with Crippen molar-refractivity contribution in [3.05, 3.63) is 60.7 Å². The van der Waals surface area contributed by atoms with E-state index in [4.69, 9.17) is 9.47 Å². The molecule has 0 heterocycles. The van der Waals surface area contributed by atoms with E-state index in [1.807, 2.05) is 0 Å². The molecule has 8 heteroatoms. The predicted octanol–water partition coefficient (Wildman–Crippen LogP) is 3.96. The van der Waals surface area contributed by atoms with E-state index in [0.717, 1.165) is 0 Å². The van der Waals surface area contributed by atoms with Gasteiger partial charge in [0.1, 0.15) is 18.6 Å². The number of carboxylic acid groups (broad SMARTS) is 1. The number of hydrogen-bond acceptors (Lipinski definition) is 5. The van der Waals surface area contributed by atoms with Crippen molar-refractivity contribution in [3.63, 3.8) is 0 Å². The molecule has 2 aromatic carbocycles. The average Bonchev–Trinajstić information content (AvgIpc) is 2.70. The summed E-state index contributed by atoms with van der Waals surface area (Å²) < 4.78 is 10.1. The van der Waals surface area contributed by atoms with Crippen LogP contribution in [0.5, 0.6) is 0 Å². The van der Waals surface area contributed by atoms with Gasteiger partial charge in [-0.2, -0.15) is 0 Å². The molecule has 0 spiro atoms. The molecule has 0 bridgehead atoms. The molecule has 28 heavy (non-hydrogen) atoms. The van der Waals surface area contributed by atoms with Crippen LogP contribution in [0, 0.1) is 5.41 Å². The van der Waals surface area contributed by atoms with Gasteiger partial charge >= 0.3 is 18.2 Å². The van der Waals surface area contributed by atoms with Gasteiger partial charge in [-0.1, -0.05) is 43.3 Å². The van der Waals surface area contributed by atoms with Crippen molar-refractivity contribution in [2.24, 2.45) is 5.41 Å². The Morgan fingerprint density at radius 1 is 0.821 bits per heavy atom. The number of aliphatic carboxylic acids is 1. The number of rotatable bonds is 8. The molecular formula is C20H22N2O6. The Bertz CT molecular complexity index is 737. The summed E-state index contributed by atoms with van der Waals surface area (Å²) in [6.45, 7) is 0.720. The van der Waals surface area contributed by atoms with Crippen LogP contribution in [0.1, 0.15) is 13.3 Å². The monoisotopic (exact) mass is 386 g/mol. The Labute approximate surface area is 162 Å². The number of amides is 2. The van der Waals surface area contributed by atoms with Gasteiger partial charge in [-0.15, -0.1) is 0 Å². The second-order valence-corrected chi connectivity index (χ2v) is 6.07. The van der Waals surface area contributed by atoms with Crippen LogP contribution >= 0.6 is 0 Å². The fraction of sp³-hybridized carbons (Fsp3) is 0.250. The summed E-state index contributed by atoms with van der Waals surface area (Å²) in [6, 6.07) is 17.2. The maximum atomic E-state index is 11.9. The van der Waals surface area contributed by atoms with Gasteiger partial charge in [-0.05, 0) is 30.7 Å². The van der Waals surface area contributed by atoms with Gasteiger partial charge in [-0.25, -0.2) is 9.59 Å². The topological polar surface area (TPSA) is 114 Å². The zero-order valence-electron chi connectivity index (χ0n) is 15.4. The van der Waals surface area contributed by atoms with E-state index in [9.17, 15) is 19.5 Å². The molecule has 2 amide bonds. The van der Waals surface area contributed by atoms with Crippen LogP contribution in [0.25, 0.3) is 0 Å². The molecule has 0 radical (unpaired) electrons. The number of benzene rings is 2. The highest BCUT2D eigenvalue weighted by atomic mass is 16.6. The molecular weight excluding hydrogens is 364 g/mol. The third kappa shape index (κ3) is 6.01.